The molecule has 35 heavy (non-hydrogen) atoms. The number of carbonyl (C=O) groups excluding carboxylic acids is 1. The van der Waals surface area contributed by atoms with E-state index in [0.29, 0.717) is 45.4 Å². The highest BCUT2D eigenvalue weighted by Gasteiger charge is 2.21. The van der Waals surface area contributed by atoms with Gasteiger partial charge in [0.05, 0.1) is 51.2 Å². The van der Waals surface area contributed by atoms with Crippen LogP contribution in [-0.4, -0.2) is 52.3 Å². The molecule has 0 saturated heterocycles. The Morgan fingerprint density at radius 2 is 2.03 bits per heavy atom. The van der Waals surface area contributed by atoms with E-state index < -0.39 is 12.1 Å². The zero-order valence-electron chi connectivity index (χ0n) is 19.5. The summed E-state index contributed by atoms with van der Waals surface area (Å²) in [7, 11) is 1.30. The molecular formula is C25H27N3O6S. The second kappa shape index (κ2) is 11.4. The molecule has 3 aromatic heterocycles. The van der Waals surface area contributed by atoms with Crippen molar-refractivity contribution in [2.75, 3.05) is 20.3 Å². The van der Waals surface area contributed by atoms with Gasteiger partial charge in [0.1, 0.15) is 21.3 Å². The summed E-state index contributed by atoms with van der Waals surface area (Å²) < 4.78 is 16.0. The smallest absolute Gasteiger partial charge is 0.348 e. The van der Waals surface area contributed by atoms with E-state index in [1.165, 1.54) is 7.11 Å². The van der Waals surface area contributed by atoms with Crippen molar-refractivity contribution in [2.24, 2.45) is 0 Å². The average molecular weight is 498 g/mol. The maximum Gasteiger partial charge on any atom is 0.348 e. The molecule has 0 spiro atoms. The summed E-state index contributed by atoms with van der Waals surface area (Å²) in [5.74, 6) is 0.638. The molecule has 0 aliphatic rings. The highest BCUT2D eigenvalue weighted by Crippen LogP contribution is 2.27. The van der Waals surface area contributed by atoms with Crippen molar-refractivity contribution in [3.63, 3.8) is 0 Å². The fraction of sp³-hybridized carbons (Fsp3) is 0.320. The Hall–Kier alpha value is -3.31. The third-order valence-electron chi connectivity index (χ3n) is 5.44. The number of H-pyrrole nitrogens is 1. The molecule has 1 atom stereocenters. The van der Waals surface area contributed by atoms with Crippen molar-refractivity contribution in [1.29, 1.82) is 0 Å². The monoisotopic (exact) mass is 497 g/mol. The quantitative estimate of drug-likeness (QED) is 0.303. The standard InChI is InChI=1S/C25H27N3O6S/c1-16-21-23(30)26-20(27-24(21)35-22(16)25(31)32-2)13-28(12-19-9-6-10-34-19)11-18(29)15-33-14-17-7-4-3-5-8-17/h3-10,18,29H,11-15H2,1-2H3,(H,26,27,30). The van der Waals surface area contributed by atoms with Gasteiger partial charge in [0, 0.05) is 6.54 Å². The summed E-state index contributed by atoms with van der Waals surface area (Å²) in [5, 5.41) is 11.0. The molecule has 0 saturated carbocycles. The number of fused-ring (bicyclic) bond motifs is 1. The first kappa shape index (κ1) is 24.8. The normalized spacial score (nSPS) is 12.3. The summed E-state index contributed by atoms with van der Waals surface area (Å²) in [6, 6.07) is 13.4. The van der Waals surface area contributed by atoms with Gasteiger partial charge in [-0.3, -0.25) is 9.69 Å². The van der Waals surface area contributed by atoms with Crippen LogP contribution in [0.1, 0.15) is 32.4 Å². The van der Waals surface area contributed by atoms with Crippen molar-refractivity contribution >= 4 is 27.5 Å². The molecule has 1 unspecified atom stereocenters. The number of nitrogens with one attached hydrogen (secondary N) is 1. The highest BCUT2D eigenvalue weighted by atomic mass is 32.1. The van der Waals surface area contributed by atoms with Gasteiger partial charge in [-0.05, 0) is 30.2 Å². The first-order valence-corrected chi connectivity index (χ1v) is 11.9. The molecule has 0 radical (unpaired) electrons. The SMILES string of the molecule is COC(=O)c1sc2nc(CN(Cc3ccco3)CC(O)COCc3ccccc3)[nH]c(=O)c2c1C. The highest BCUT2D eigenvalue weighted by molar-refractivity contribution is 7.20. The second-order valence-corrected chi connectivity index (χ2v) is 9.14. The van der Waals surface area contributed by atoms with Gasteiger partial charge < -0.3 is 24.0 Å². The lowest BCUT2D eigenvalue weighted by Crippen LogP contribution is -2.35. The van der Waals surface area contributed by atoms with Crippen molar-refractivity contribution < 1.29 is 23.8 Å². The number of methoxy groups -OCH3 is 1. The molecule has 10 heteroatoms. The lowest BCUT2D eigenvalue weighted by Gasteiger charge is -2.23. The lowest BCUT2D eigenvalue weighted by molar-refractivity contribution is 0.00572. The number of thiophene rings is 1. The van der Waals surface area contributed by atoms with Gasteiger partial charge in [0.15, 0.2) is 0 Å². The van der Waals surface area contributed by atoms with Crippen molar-refractivity contribution in [3.05, 3.63) is 86.7 Å². The molecule has 0 aliphatic carbocycles. The zero-order chi connectivity index (χ0) is 24.8. The lowest BCUT2D eigenvalue weighted by atomic mass is 10.2. The maximum atomic E-state index is 12.8. The third-order valence-corrected chi connectivity index (χ3v) is 6.61. The number of hydrogen-bond acceptors (Lipinski definition) is 9. The van der Waals surface area contributed by atoms with Gasteiger partial charge in [0.2, 0.25) is 0 Å². The fourth-order valence-electron chi connectivity index (χ4n) is 3.81. The molecule has 184 valence electrons. The number of carbonyl (C=O) groups is 1. The van der Waals surface area contributed by atoms with Crippen LogP contribution in [0.4, 0.5) is 0 Å². The Bertz CT molecular complexity index is 1320. The van der Waals surface area contributed by atoms with Gasteiger partial charge in [-0.1, -0.05) is 30.3 Å². The molecule has 4 rings (SSSR count). The van der Waals surface area contributed by atoms with Crippen LogP contribution < -0.4 is 5.56 Å². The number of aliphatic hydroxyl groups is 1. The molecule has 0 fully saturated rings. The number of benzene rings is 1. The minimum Gasteiger partial charge on any atom is -0.468 e. The van der Waals surface area contributed by atoms with E-state index in [2.05, 4.69) is 9.97 Å². The Morgan fingerprint density at radius 3 is 2.74 bits per heavy atom. The van der Waals surface area contributed by atoms with Crippen LogP contribution in [-0.2, 0) is 29.2 Å². The van der Waals surface area contributed by atoms with Crippen LogP contribution >= 0.6 is 11.3 Å². The van der Waals surface area contributed by atoms with E-state index in [4.69, 9.17) is 13.9 Å². The number of aromatic amines is 1. The molecule has 9 nitrogen and oxygen atoms in total. The van der Waals surface area contributed by atoms with Gasteiger partial charge >= 0.3 is 5.97 Å². The minimum absolute atomic E-state index is 0.152. The molecule has 0 aliphatic heterocycles. The number of rotatable bonds is 11. The molecule has 4 aromatic rings. The number of aliphatic hydroxyl groups excluding tert-OH is 1. The Kier molecular flexibility index (Phi) is 8.09. The van der Waals surface area contributed by atoms with E-state index in [1.807, 2.05) is 41.3 Å². The summed E-state index contributed by atoms with van der Waals surface area (Å²) in [4.78, 5) is 35.0. The fourth-order valence-corrected chi connectivity index (χ4v) is 4.93. The van der Waals surface area contributed by atoms with Crippen LogP contribution in [0.3, 0.4) is 0 Å². The van der Waals surface area contributed by atoms with Gasteiger partial charge in [0.25, 0.3) is 5.56 Å². The van der Waals surface area contributed by atoms with Crippen molar-refractivity contribution in [3.8, 4) is 0 Å². The Balaban J connectivity index is 1.48. The van der Waals surface area contributed by atoms with E-state index in [1.54, 1.807) is 19.3 Å². The predicted octanol–water partition coefficient (Wildman–Crippen LogP) is 3.25. The van der Waals surface area contributed by atoms with Gasteiger partial charge in [-0.25, -0.2) is 9.78 Å². The van der Waals surface area contributed by atoms with E-state index >= 15 is 0 Å². The first-order valence-electron chi connectivity index (χ1n) is 11.1. The molecule has 0 amide bonds. The van der Waals surface area contributed by atoms with Gasteiger partial charge in [-0.15, -0.1) is 11.3 Å². The largest absolute Gasteiger partial charge is 0.468 e. The number of hydrogen-bond donors (Lipinski definition) is 2. The van der Waals surface area contributed by atoms with E-state index in [-0.39, 0.29) is 25.3 Å². The summed E-state index contributed by atoms with van der Waals surface area (Å²) in [5.41, 5.74) is 1.26. The number of esters is 1. The van der Waals surface area contributed by atoms with Crippen LogP contribution in [0.5, 0.6) is 0 Å². The maximum absolute atomic E-state index is 12.8. The van der Waals surface area contributed by atoms with Crippen molar-refractivity contribution in [2.45, 2.75) is 32.7 Å². The number of ether oxygens (including phenoxy) is 2. The molecule has 2 N–H and O–H groups in total. The molecule has 0 bridgehead atoms. The van der Waals surface area contributed by atoms with E-state index in [0.717, 1.165) is 16.9 Å². The van der Waals surface area contributed by atoms with Crippen LogP contribution in [0.25, 0.3) is 10.2 Å². The summed E-state index contributed by atoms with van der Waals surface area (Å²) in [6.07, 6.45) is 0.820. The minimum atomic E-state index is -0.765. The van der Waals surface area contributed by atoms with Gasteiger partial charge in [-0.2, -0.15) is 0 Å². The number of nitrogens with zero attached hydrogens (tertiary/aromatic N) is 2. The van der Waals surface area contributed by atoms with Crippen LogP contribution in [0, 0.1) is 6.92 Å². The number of furan rings is 1. The first-order chi connectivity index (χ1) is 16.9. The molecule has 1 aromatic carbocycles. The number of aromatic nitrogens is 2. The summed E-state index contributed by atoms with van der Waals surface area (Å²) in [6.45, 7) is 3.19. The Labute approximate surface area is 205 Å². The second-order valence-electron chi connectivity index (χ2n) is 8.14. The molecular weight excluding hydrogens is 470 g/mol. The topological polar surface area (TPSA) is 118 Å². The van der Waals surface area contributed by atoms with Crippen LogP contribution in [0.15, 0.2) is 57.9 Å². The summed E-state index contributed by atoms with van der Waals surface area (Å²) >= 11 is 1.13. The zero-order valence-corrected chi connectivity index (χ0v) is 20.3. The number of aryl methyl sites for hydroxylation is 1. The van der Waals surface area contributed by atoms with Crippen LogP contribution in [0.2, 0.25) is 0 Å². The Morgan fingerprint density at radius 1 is 1.23 bits per heavy atom. The van der Waals surface area contributed by atoms with Crippen molar-refractivity contribution in [1.82, 2.24) is 14.9 Å². The third kappa shape index (κ3) is 6.23. The predicted molar refractivity (Wildman–Crippen MR) is 131 cm³/mol. The van der Waals surface area contributed by atoms with E-state index in [9.17, 15) is 14.7 Å². The average Bonchev–Trinajstić information content (AvgIpc) is 3.47. The molecule has 3 heterocycles.